The van der Waals surface area contributed by atoms with Crippen LogP contribution in [0.3, 0.4) is 0 Å². The third kappa shape index (κ3) is 8.79. The Bertz CT molecular complexity index is 1520. The van der Waals surface area contributed by atoms with E-state index in [0.717, 1.165) is 35.7 Å². The summed E-state index contributed by atoms with van der Waals surface area (Å²) in [6.07, 6.45) is 1.81. The molecule has 0 saturated carbocycles. The summed E-state index contributed by atoms with van der Waals surface area (Å²) >= 11 is -1.85. The number of aryl methyl sites for hydroxylation is 6. The molecule has 0 bridgehead atoms. The van der Waals surface area contributed by atoms with Crippen molar-refractivity contribution in [3.05, 3.63) is 124 Å². The van der Waals surface area contributed by atoms with Crippen molar-refractivity contribution in [3.63, 3.8) is 0 Å². The number of nitrogens with zero attached hydrogens (tertiary/aromatic N) is 3. The van der Waals surface area contributed by atoms with Gasteiger partial charge in [0.2, 0.25) is 0 Å². The molecule has 0 radical (unpaired) electrons. The maximum Gasteiger partial charge on any atom is 0.0146 e. The average Bonchev–Trinajstić information content (AvgIpc) is 3.40. The van der Waals surface area contributed by atoms with Gasteiger partial charge >= 0.3 is 132 Å². The van der Waals surface area contributed by atoms with Crippen LogP contribution in [0.2, 0.25) is 0 Å². The molecule has 1 aliphatic heterocycles. The second kappa shape index (κ2) is 15.2. The number of halogens is 2. The van der Waals surface area contributed by atoms with E-state index in [1.807, 2.05) is 59.4 Å². The smallest absolute Gasteiger partial charge is 0.0146 e. The van der Waals surface area contributed by atoms with Crippen LogP contribution in [-0.4, -0.2) is 31.0 Å². The molecular formula is C36H40Cl2N3ORu-. The van der Waals surface area contributed by atoms with Crippen molar-refractivity contribution in [3.8, 4) is 5.75 Å². The van der Waals surface area contributed by atoms with Gasteiger partial charge in [-0.1, -0.05) is 35.4 Å². The van der Waals surface area contributed by atoms with E-state index in [4.69, 9.17) is 24.1 Å². The van der Waals surface area contributed by atoms with Crippen LogP contribution < -0.4 is 14.5 Å². The van der Waals surface area contributed by atoms with Gasteiger partial charge in [0.15, 0.2) is 0 Å². The van der Waals surface area contributed by atoms with E-state index in [2.05, 4.69) is 87.3 Å². The van der Waals surface area contributed by atoms with Crippen LogP contribution in [0.1, 0.15) is 44.5 Å². The number of aliphatic imine (C=N–C) groups is 1. The Morgan fingerprint density at radius 3 is 1.70 bits per heavy atom. The van der Waals surface area contributed by atoms with Gasteiger partial charge in [-0.25, -0.2) is 0 Å². The molecule has 4 aromatic carbocycles. The first kappa shape index (κ1) is 32.9. The molecule has 1 saturated heterocycles. The van der Waals surface area contributed by atoms with Crippen molar-refractivity contribution in [2.75, 3.05) is 30.0 Å². The SMILES string of the molecule is COc1ccc(C=Nc2ccccc2[CH]=[Ru]([Cl])[Cl])cc1.Cc1cc(C)c(N2[CH-]N(c3c(C)cc(C)cc3C)CC2)c(C)c1. The van der Waals surface area contributed by atoms with Crippen LogP contribution in [0.25, 0.3) is 0 Å². The fourth-order valence-corrected chi connectivity index (χ4v) is 7.51. The molecule has 0 N–H and O–H groups in total. The summed E-state index contributed by atoms with van der Waals surface area (Å²) in [7, 11) is 13.5. The summed E-state index contributed by atoms with van der Waals surface area (Å²) in [5, 5.41) is 0. The predicted octanol–water partition coefficient (Wildman–Crippen LogP) is 9.50. The zero-order valence-corrected chi connectivity index (χ0v) is 29.2. The summed E-state index contributed by atoms with van der Waals surface area (Å²) < 4.78 is 7.02. The normalized spacial score (nSPS) is 13.2. The second-order valence-corrected chi connectivity index (χ2v) is 16.6. The molecule has 0 unspecified atom stereocenters. The van der Waals surface area contributed by atoms with Crippen LogP contribution in [0.4, 0.5) is 17.1 Å². The molecule has 43 heavy (non-hydrogen) atoms. The second-order valence-electron chi connectivity index (χ2n) is 10.9. The predicted molar refractivity (Wildman–Crippen MR) is 184 cm³/mol. The maximum absolute atomic E-state index is 5.92. The minimum atomic E-state index is -1.85. The van der Waals surface area contributed by atoms with Crippen LogP contribution >= 0.6 is 19.4 Å². The van der Waals surface area contributed by atoms with Gasteiger partial charge in [-0.2, -0.15) is 6.67 Å². The fourth-order valence-electron chi connectivity index (χ4n) is 5.70. The molecule has 4 nitrogen and oxygen atoms in total. The molecule has 0 aliphatic carbocycles. The molecular weight excluding hydrogens is 662 g/mol. The molecule has 1 aliphatic rings. The maximum atomic E-state index is 5.92. The summed E-state index contributed by atoms with van der Waals surface area (Å²) in [5.74, 6) is 0.828. The number of anilines is 2. The summed E-state index contributed by atoms with van der Waals surface area (Å²) in [6, 6.07) is 24.6. The number of methoxy groups -OCH3 is 1. The summed E-state index contributed by atoms with van der Waals surface area (Å²) in [4.78, 5) is 9.30. The molecule has 0 amide bonds. The molecule has 0 aromatic heterocycles. The van der Waals surface area contributed by atoms with Gasteiger partial charge in [0.1, 0.15) is 0 Å². The molecule has 1 fully saturated rings. The third-order valence-corrected chi connectivity index (χ3v) is 9.13. The van der Waals surface area contributed by atoms with Crippen LogP contribution in [0.15, 0.2) is 77.8 Å². The zero-order valence-electron chi connectivity index (χ0n) is 25.9. The molecule has 4 aromatic rings. The minimum Gasteiger partial charge on any atom is -0.502 e. The first-order chi connectivity index (χ1) is 20.5. The first-order valence-corrected chi connectivity index (χ1v) is 19.7. The van der Waals surface area contributed by atoms with Crippen molar-refractivity contribution in [1.82, 2.24) is 0 Å². The van der Waals surface area contributed by atoms with Gasteiger partial charge in [-0.3, -0.25) is 0 Å². The molecule has 7 heteroatoms. The summed E-state index contributed by atoms with van der Waals surface area (Å²) in [6.45, 7) is 17.6. The van der Waals surface area contributed by atoms with Crippen LogP contribution in [0, 0.1) is 48.2 Å². The van der Waals surface area contributed by atoms with E-state index in [0.29, 0.717) is 0 Å². The Morgan fingerprint density at radius 1 is 0.744 bits per heavy atom. The zero-order chi connectivity index (χ0) is 31.1. The van der Waals surface area contributed by atoms with E-state index in [1.54, 1.807) is 7.11 Å². The van der Waals surface area contributed by atoms with Crippen molar-refractivity contribution in [2.24, 2.45) is 4.99 Å². The number of hydrogen-bond donors (Lipinski definition) is 0. The van der Waals surface area contributed by atoms with E-state index in [1.165, 1.54) is 44.8 Å². The Kier molecular flexibility index (Phi) is 11.6. The minimum absolute atomic E-state index is 0.828. The van der Waals surface area contributed by atoms with Crippen molar-refractivity contribution in [2.45, 2.75) is 41.5 Å². The Labute approximate surface area is 270 Å². The summed E-state index contributed by atoms with van der Waals surface area (Å²) in [5.41, 5.74) is 13.7. The van der Waals surface area contributed by atoms with E-state index in [-0.39, 0.29) is 0 Å². The van der Waals surface area contributed by atoms with E-state index < -0.39 is 13.5 Å². The van der Waals surface area contributed by atoms with Gasteiger partial charge < -0.3 is 9.80 Å². The fraction of sp³-hybridized carbons (Fsp3) is 0.250. The molecule has 0 spiro atoms. The molecule has 1 heterocycles. The van der Waals surface area contributed by atoms with Gasteiger partial charge in [-0.05, 0) is 63.8 Å². The average molecular weight is 703 g/mol. The van der Waals surface area contributed by atoms with Gasteiger partial charge in [0, 0.05) is 24.5 Å². The van der Waals surface area contributed by atoms with Crippen molar-refractivity contribution < 1.29 is 18.3 Å². The van der Waals surface area contributed by atoms with E-state index in [9.17, 15) is 0 Å². The van der Waals surface area contributed by atoms with Crippen molar-refractivity contribution >= 4 is 47.3 Å². The number of para-hydroxylation sites is 1. The molecule has 228 valence electrons. The number of hydrogen-bond acceptors (Lipinski definition) is 4. The van der Waals surface area contributed by atoms with Crippen LogP contribution in [-0.2, 0) is 13.5 Å². The van der Waals surface area contributed by atoms with Crippen molar-refractivity contribution in [1.29, 1.82) is 0 Å². The molecule has 5 rings (SSSR count). The van der Waals surface area contributed by atoms with E-state index >= 15 is 0 Å². The van der Waals surface area contributed by atoms with Gasteiger partial charge in [-0.15, -0.1) is 0 Å². The quantitative estimate of drug-likeness (QED) is 0.114. The van der Waals surface area contributed by atoms with Crippen LogP contribution in [0.5, 0.6) is 5.75 Å². The topological polar surface area (TPSA) is 28.1 Å². The van der Waals surface area contributed by atoms with Gasteiger partial charge in [0.05, 0.1) is 0 Å². The Morgan fingerprint density at radius 2 is 1.23 bits per heavy atom. The Hall–Kier alpha value is -2.98. The third-order valence-electron chi connectivity index (χ3n) is 7.30. The monoisotopic (exact) mass is 702 g/mol. The largest absolute Gasteiger partial charge is 0.502 e. The van der Waals surface area contributed by atoms with Gasteiger partial charge in [0.25, 0.3) is 0 Å². The number of benzene rings is 4. The number of ether oxygens (including phenoxy) is 1. The molecule has 0 atom stereocenters. The number of rotatable bonds is 6. The Balaban J connectivity index is 0.000000199. The standard InChI is InChI=1S/C21H27N2.C15H13NO.2ClH.Ru/c1-14-9-16(3)20(17(4)10-14)22-7-8-23(13-22)21-18(5)11-15(2)12-19(21)6;1-12-5-3-4-6-15(12)16-11-13-7-9-14(17-2)10-8-13;;;/h9-13H,7-8H2,1-6H3;1,3-11H,2H3;2*1H;/q-1;;;;+2/p-2. The first-order valence-electron chi connectivity index (χ1n) is 14.2.